The van der Waals surface area contributed by atoms with Crippen LogP contribution in [0.3, 0.4) is 0 Å². The molecule has 10 heteroatoms. The van der Waals surface area contributed by atoms with Crippen molar-refractivity contribution in [2.24, 2.45) is 0 Å². The molecule has 8 nitrogen and oxygen atoms in total. The van der Waals surface area contributed by atoms with Crippen molar-refractivity contribution >= 4 is 46.5 Å². The Morgan fingerprint density at radius 1 is 1.07 bits per heavy atom. The van der Waals surface area contributed by atoms with Crippen molar-refractivity contribution in [1.82, 2.24) is 20.1 Å². The first-order valence-electron chi connectivity index (χ1n) is 8.83. The number of hydrogen-bond acceptors (Lipinski definition) is 5. The van der Waals surface area contributed by atoms with E-state index in [9.17, 15) is 14.4 Å². The number of carbonyl (C=O) groups is 3. The number of hydrogen-bond donors (Lipinski definition) is 2. The Labute approximate surface area is 182 Å². The summed E-state index contributed by atoms with van der Waals surface area (Å²) < 4.78 is 1.32. The first-order chi connectivity index (χ1) is 14.3. The fraction of sp³-hybridized carbons (Fsp3) is 0.150. The number of aromatic nitrogens is 3. The number of para-hydroxylation sites is 1. The van der Waals surface area contributed by atoms with E-state index < -0.39 is 11.8 Å². The quantitative estimate of drug-likeness (QED) is 0.604. The molecule has 0 aliphatic heterocycles. The van der Waals surface area contributed by atoms with Gasteiger partial charge in [-0.3, -0.25) is 14.4 Å². The molecule has 0 spiro atoms. The van der Waals surface area contributed by atoms with Gasteiger partial charge in [-0.25, -0.2) is 9.67 Å². The van der Waals surface area contributed by atoms with Gasteiger partial charge >= 0.3 is 0 Å². The van der Waals surface area contributed by atoms with Gasteiger partial charge in [0.25, 0.3) is 11.8 Å². The molecule has 0 saturated carbocycles. The highest BCUT2D eigenvalue weighted by atomic mass is 35.5. The fourth-order valence-electron chi connectivity index (χ4n) is 2.67. The maximum atomic E-state index is 13.0. The number of Topliss-reactive ketones (excluding diaryl/α,β-unsaturated/α-hetero) is 1. The zero-order valence-corrected chi connectivity index (χ0v) is 17.6. The molecular formula is C20H17Cl2N5O3. The number of pyridine rings is 1. The van der Waals surface area contributed by atoms with Gasteiger partial charge in [0.2, 0.25) is 0 Å². The van der Waals surface area contributed by atoms with E-state index in [0.29, 0.717) is 10.7 Å². The Kier molecular flexibility index (Phi) is 6.49. The zero-order chi connectivity index (χ0) is 21.8. The minimum atomic E-state index is -0.564. The van der Waals surface area contributed by atoms with Crippen LogP contribution in [0.5, 0.6) is 0 Å². The van der Waals surface area contributed by atoms with Crippen molar-refractivity contribution in [3.05, 3.63) is 69.6 Å². The highest BCUT2D eigenvalue weighted by molar-refractivity contribution is 6.35. The van der Waals surface area contributed by atoms with E-state index in [1.54, 1.807) is 31.2 Å². The number of aryl methyl sites for hydroxylation is 1. The van der Waals surface area contributed by atoms with Crippen molar-refractivity contribution in [1.29, 1.82) is 0 Å². The molecule has 3 aromatic rings. The molecule has 3 rings (SSSR count). The van der Waals surface area contributed by atoms with Crippen molar-refractivity contribution in [2.45, 2.75) is 13.8 Å². The number of rotatable bonds is 6. The molecule has 0 aliphatic rings. The maximum absolute atomic E-state index is 13.0. The molecule has 0 unspecified atom stereocenters. The van der Waals surface area contributed by atoms with Gasteiger partial charge in [-0.2, -0.15) is 5.10 Å². The molecule has 2 heterocycles. The van der Waals surface area contributed by atoms with E-state index in [4.69, 9.17) is 23.2 Å². The SMILES string of the molecule is CC(=O)CNC(=O)c1cccc(Cl)c1NC(=O)c1cc(C)nn1-c1ncccc1Cl. The lowest BCUT2D eigenvalue weighted by Gasteiger charge is -2.13. The second-order valence-corrected chi connectivity index (χ2v) is 7.21. The summed E-state index contributed by atoms with van der Waals surface area (Å²) in [7, 11) is 0. The van der Waals surface area contributed by atoms with E-state index in [1.807, 2.05) is 0 Å². The molecule has 30 heavy (non-hydrogen) atoms. The Balaban J connectivity index is 1.96. The molecule has 0 radical (unpaired) electrons. The van der Waals surface area contributed by atoms with Gasteiger partial charge in [0.15, 0.2) is 5.82 Å². The fourth-order valence-corrected chi connectivity index (χ4v) is 3.10. The van der Waals surface area contributed by atoms with Gasteiger partial charge in [-0.15, -0.1) is 0 Å². The summed E-state index contributed by atoms with van der Waals surface area (Å²) in [5.74, 6) is -1.02. The number of amides is 2. The second kappa shape index (κ2) is 9.06. The number of halogens is 2. The maximum Gasteiger partial charge on any atom is 0.274 e. The van der Waals surface area contributed by atoms with Crippen LogP contribution in [-0.2, 0) is 4.79 Å². The predicted molar refractivity (Wildman–Crippen MR) is 114 cm³/mol. The lowest BCUT2D eigenvalue weighted by Crippen LogP contribution is -2.29. The summed E-state index contributed by atoms with van der Waals surface area (Å²) >= 11 is 12.4. The summed E-state index contributed by atoms with van der Waals surface area (Å²) in [6, 6.07) is 9.47. The third-order valence-corrected chi connectivity index (χ3v) is 4.61. The topological polar surface area (TPSA) is 106 Å². The van der Waals surface area contributed by atoms with E-state index in [0.717, 1.165) is 0 Å². The summed E-state index contributed by atoms with van der Waals surface area (Å²) in [4.78, 5) is 40.8. The molecular weight excluding hydrogens is 429 g/mol. The van der Waals surface area contributed by atoms with Crippen LogP contribution < -0.4 is 10.6 Å². The van der Waals surface area contributed by atoms with Gasteiger partial charge in [0.05, 0.1) is 33.5 Å². The van der Waals surface area contributed by atoms with E-state index in [2.05, 4.69) is 20.7 Å². The van der Waals surface area contributed by atoms with Gasteiger partial charge in [0, 0.05) is 6.20 Å². The van der Waals surface area contributed by atoms with Crippen LogP contribution in [0.1, 0.15) is 33.5 Å². The Morgan fingerprint density at radius 2 is 1.80 bits per heavy atom. The van der Waals surface area contributed by atoms with Crippen LogP contribution in [0.4, 0.5) is 5.69 Å². The minimum Gasteiger partial charge on any atom is -0.345 e. The predicted octanol–water partition coefficient (Wildman–Crippen LogP) is 3.45. The van der Waals surface area contributed by atoms with Crippen molar-refractivity contribution in [2.75, 3.05) is 11.9 Å². The molecule has 2 N–H and O–H groups in total. The van der Waals surface area contributed by atoms with Crippen LogP contribution in [0, 0.1) is 6.92 Å². The number of nitrogens with zero attached hydrogens (tertiary/aromatic N) is 3. The highest BCUT2D eigenvalue weighted by Gasteiger charge is 2.22. The summed E-state index contributed by atoms with van der Waals surface area (Å²) in [5, 5.41) is 9.92. The lowest BCUT2D eigenvalue weighted by atomic mass is 10.1. The Morgan fingerprint density at radius 3 is 2.50 bits per heavy atom. The van der Waals surface area contributed by atoms with E-state index in [1.165, 1.54) is 29.9 Å². The van der Waals surface area contributed by atoms with Crippen LogP contribution in [-0.4, -0.2) is 38.9 Å². The number of nitrogens with one attached hydrogen (secondary N) is 2. The van der Waals surface area contributed by atoms with Gasteiger partial charge in [0.1, 0.15) is 11.5 Å². The van der Waals surface area contributed by atoms with Crippen LogP contribution in [0.2, 0.25) is 10.0 Å². The minimum absolute atomic E-state index is 0.114. The summed E-state index contributed by atoms with van der Waals surface area (Å²) in [6.45, 7) is 2.94. The monoisotopic (exact) mass is 445 g/mol. The molecule has 0 aliphatic carbocycles. The van der Waals surface area contributed by atoms with Gasteiger partial charge in [-0.1, -0.05) is 29.3 Å². The Hall–Kier alpha value is -3.23. The molecule has 2 amide bonds. The van der Waals surface area contributed by atoms with Crippen molar-refractivity contribution < 1.29 is 14.4 Å². The molecule has 1 aromatic carbocycles. The van der Waals surface area contributed by atoms with Crippen LogP contribution in [0.25, 0.3) is 5.82 Å². The van der Waals surface area contributed by atoms with Crippen molar-refractivity contribution in [3.63, 3.8) is 0 Å². The van der Waals surface area contributed by atoms with Crippen LogP contribution in [0.15, 0.2) is 42.6 Å². The molecule has 0 bridgehead atoms. The number of anilines is 1. The number of benzene rings is 1. The largest absolute Gasteiger partial charge is 0.345 e. The zero-order valence-electron chi connectivity index (χ0n) is 16.1. The average molecular weight is 446 g/mol. The van der Waals surface area contributed by atoms with E-state index >= 15 is 0 Å². The highest BCUT2D eigenvalue weighted by Crippen LogP contribution is 2.27. The molecule has 0 saturated heterocycles. The first-order valence-corrected chi connectivity index (χ1v) is 9.58. The van der Waals surface area contributed by atoms with Gasteiger partial charge < -0.3 is 10.6 Å². The van der Waals surface area contributed by atoms with Crippen LogP contribution >= 0.6 is 23.2 Å². The number of carbonyl (C=O) groups excluding carboxylic acids is 3. The van der Waals surface area contributed by atoms with Gasteiger partial charge in [-0.05, 0) is 44.2 Å². The third-order valence-electron chi connectivity index (χ3n) is 4.00. The Bertz CT molecular complexity index is 1140. The normalized spacial score (nSPS) is 10.5. The van der Waals surface area contributed by atoms with Crippen molar-refractivity contribution in [3.8, 4) is 5.82 Å². The smallest absolute Gasteiger partial charge is 0.274 e. The van der Waals surface area contributed by atoms with E-state index in [-0.39, 0.29) is 40.1 Å². The molecule has 0 atom stereocenters. The average Bonchev–Trinajstić information content (AvgIpc) is 3.09. The standard InChI is InChI=1S/C20H17Cl2N5O3/c1-11-9-16(27(26-11)18-15(22)7-4-8-23-18)20(30)25-17-13(5-3-6-14(17)21)19(29)24-10-12(2)28/h3-9H,10H2,1-2H3,(H,24,29)(H,25,30). The molecule has 0 fully saturated rings. The second-order valence-electron chi connectivity index (χ2n) is 6.39. The first kappa shape index (κ1) is 21.5. The lowest BCUT2D eigenvalue weighted by molar-refractivity contribution is -0.116. The summed E-state index contributed by atoms with van der Waals surface area (Å²) in [6.07, 6.45) is 1.53. The third kappa shape index (κ3) is 4.67. The molecule has 2 aromatic heterocycles. The summed E-state index contributed by atoms with van der Waals surface area (Å²) in [5.41, 5.74) is 0.960. The molecule has 154 valence electrons. The number of ketones is 1.